The van der Waals surface area contributed by atoms with E-state index in [-0.39, 0.29) is 6.04 Å². The number of carboxylic acids is 1. The van der Waals surface area contributed by atoms with E-state index in [9.17, 15) is 4.79 Å². The highest BCUT2D eigenvalue weighted by Gasteiger charge is 2.15. The molecule has 0 saturated heterocycles. The van der Waals surface area contributed by atoms with Crippen molar-refractivity contribution in [1.82, 2.24) is 5.32 Å². The molecule has 0 aliphatic rings. The third-order valence-electron chi connectivity index (χ3n) is 4.12. The lowest BCUT2D eigenvalue weighted by Crippen LogP contribution is -2.19. The van der Waals surface area contributed by atoms with Crippen LogP contribution in [0.1, 0.15) is 40.0 Å². The number of ether oxygens (including phenoxy) is 2. The highest BCUT2D eigenvalue weighted by Crippen LogP contribution is 2.35. The summed E-state index contributed by atoms with van der Waals surface area (Å²) in [6.07, 6.45) is 0. The maximum Gasteiger partial charge on any atom is 0.335 e. The van der Waals surface area contributed by atoms with Crippen LogP contribution in [-0.2, 0) is 6.54 Å². The third kappa shape index (κ3) is 3.86. The number of aromatic carboxylic acids is 1. The number of hydrogen-bond donors (Lipinski definition) is 2. The van der Waals surface area contributed by atoms with E-state index in [0.29, 0.717) is 12.1 Å². The van der Waals surface area contributed by atoms with Crippen LogP contribution in [0.2, 0.25) is 0 Å². The molecule has 0 saturated carbocycles. The van der Waals surface area contributed by atoms with Gasteiger partial charge >= 0.3 is 5.97 Å². The fourth-order valence-corrected chi connectivity index (χ4v) is 2.71. The molecule has 2 aromatic carbocycles. The van der Waals surface area contributed by atoms with Gasteiger partial charge in [0, 0.05) is 12.6 Å². The molecule has 0 heterocycles. The van der Waals surface area contributed by atoms with Crippen molar-refractivity contribution in [1.29, 1.82) is 0 Å². The standard InChI is InChI=1S/C19H23NO4/c1-12-16(9-10-17(23-3)18(12)24-4)13(2)20-11-14-5-7-15(8-6-14)19(21)22/h5-10,13,20H,11H2,1-4H3,(H,21,22). The monoisotopic (exact) mass is 329 g/mol. The molecule has 0 bridgehead atoms. The molecule has 0 fully saturated rings. The third-order valence-corrected chi connectivity index (χ3v) is 4.12. The first-order valence-electron chi connectivity index (χ1n) is 7.75. The summed E-state index contributed by atoms with van der Waals surface area (Å²) in [7, 11) is 3.26. The Balaban J connectivity index is 2.09. The lowest BCUT2D eigenvalue weighted by atomic mass is 10.0. The molecular formula is C19H23NO4. The van der Waals surface area contributed by atoms with Crippen LogP contribution in [0.25, 0.3) is 0 Å². The fourth-order valence-electron chi connectivity index (χ4n) is 2.71. The number of hydrogen-bond acceptors (Lipinski definition) is 4. The van der Waals surface area contributed by atoms with Gasteiger partial charge < -0.3 is 19.9 Å². The molecular weight excluding hydrogens is 306 g/mol. The minimum atomic E-state index is -0.913. The summed E-state index contributed by atoms with van der Waals surface area (Å²) in [5.41, 5.74) is 3.50. The van der Waals surface area contributed by atoms with Crippen molar-refractivity contribution in [2.75, 3.05) is 14.2 Å². The van der Waals surface area contributed by atoms with Crippen LogP contribution in [0, 0.1) is 6.92 Å². The van der Waals surface area contributed by atoms with Gasteiger partial charge in [-0.15, -0.1) is 0 Å². The van der Waals surface area contributed by atoms with Gasteiger partial charge in [-0.2, -0.15) is 0 Å². The summed E-state index contributed by atoms with van der Waals surface area (Å²) in [6.45, 7) is 4.74. The topological polar surface area (TPSA) is 67.8 Å². The van der Waals surface area contributed by atoms with Crippen molar-refractivity contribution >= 4 is 5.97 Å². The molecule has 128 valence electrons. The van der Waals surface area contributed by atoms with Crippen molar-refractivity contribution < 1.29 is 19.4 Å². The van der Waals surface area contributed by atoms with E-state index >= 15 is 0 Å². The Hall–Kier alpha value is -2.53. The van der Waals surface area contributed by atoms with Crippen molar-refractivity contribution in [2.24, 2.45) is 0 Å². The van der Waals surface area contributed by atoms with E-state index in [0.717, 1.165) is 28.2 Å². The average molecular weight is 329 g/mol. The van der Waals surface area contributed by atoms with Gasteiger partial charge in [-0.25, -0.2) is 4.79 Å². The zero-order valence-corrected chi connectivity index (χ0v) is 14.4. The second kappa shape index (κ2) is 7.84. The molecule has 2 rings (SSSR count). The summed E-state index contributed by atoms with van der Waals surface area (Å²) < 4.78 is 10.8. The molecule has 1 unspecified atom stereocenters. The van der Waals surface area contributed by atoms with Crippen LogP contribution in [-0.4, -0.2) is 25.3 Å². The van der Waals surface area contributed by atoms with Crippen LogP contribution >= 0.6 is 0 Å². The van der Waals surface area contributed by atoms with Gasteiger partial charge in [0.2, 0.25) is 0 Å². The van der Waals surface area contributed by atoms with Crippen LogP contribution in [0.15, 0.2) is 36.4 Å². The van der Waals surface area contributed by atoms with E-state index < -0.39 is 5.97 Å². The molecule has 0 spiro atoms. The highest BCUT2D eigenvalue weighted by molar-refractivity contribution is 5.87. The van der Waals surface area contributed by atoms with Crippen molar-refractivity contribution in [3.63, 3.8) is 0 Å². The Morgan fingerprint density at radius 1 is 1.12 bits per heavy atom. The summed E-state index contributed by atoms with van der Waals surface area (Å²) >= 11 is 0. The van der Waals surface area contributed by atoms with Crippen LogP contribution < -0.4 is 14.8 Å². The van der Waals surface area contributed by atoms with Gasteiger partial charge in [0.25, 0.3) is 0 Å². The van der Waals surface area contributed by atoms with E-state index in [1.807, 2.05) is 31.2 Å². The number of nitrogens with one attached hydrogen (secondary N) is 1. The van der Waals surface area contributed by atoms with E-state index in [2.05, 4.69) is 12.2 Å². The molecule has 0 aromatic heterocycles. The van der Waals surface area contributed by atoms with Crippen molar-refractivity contribution in [2.45, 2.75) is 26.4 Å². The first-order valence-corrected chi connectivity index (χ1v) is 7.75. The summed E-state index contributed by atoms with van der Waals surface area (Å²) in [5.74, 6) is 0.550. The van der Waals surface area contributed by atoms with E-state index in [1.165, 1.54) is 0 Å². The average Bonchev–Trinajstić information content (AvgIpc) is 2.59. The minimum absolute atomic E-state index is 0.115. The highest BCUT2D eigenvalue weighted by atomic mass is 16.5. The smallest absolute Gasteiger partial charge is 0.335 e. The molecule has 5 nitrogen and oxygen atoms in total. The normalized spacial score (nSPS) is 11.8. The van der Waals surface area contributed by atoms with Gasteiger partial charge in [0.15, 0.2) is 11.5 Å². The van der Waals surface area contributed by atoms with Crippen LogP contribution in [0.3, 0.4) is 0 Å². The Bertz CT molecular complexity index is 710. The SMILES string of the molecule is COc1ccc(C(C)NCc2ccc(C(=O)O)cc2)c(C)c1OC. The lowest BCUT2D eigenvalue weighted by Gasteiger charge is -2.20. The largest absolute Gasteiger partial charge is 0.493 e. The number of benzene rings is 2. The number of carbonyl (C=O) groups is 1. The molecule has 2 N–H and O–H groups in total. The van der Waals surface area contributed by atoms with Gasteiger partial charge in [-0.05, 0) is 48.7 Å². The molecule has 0 aliphatic carbocycles. The lowest BCUT2D eigenvalue weighted by molar-refractivity contribution is 0.0697. The van der Waals surface area contributed by atoms with E-state index in [1.54, 1.807) is 26.4 Å². The van der Waals surface area contributed by atoms with E-state index in [4.69, 9.17) is 14.6 Å². The zero-order valence-electron chi connectivity index (χ0n) is 14.4. The minimum Gasteiger partial charge on any atom is -0.493 e. The van der Waals surface area contributed by atoms with Gasteiger partial charge in [0.1, 0.15) is 0 Å². The summed E-state index contributed by atoms with van der Waals surface area (Å²) in [6, 6.07) is 10.9. The maximum atomic E-state index is 10.9. The second-order valence-corrected chi connectivity index (χ2v) is 5.62. The maximum absolute atomic E-state index is 10.9. The zero-order chi connectivity index (χ0) is 17.7. The first kappa shape index (κ1) is 17.8. The van der Waals surface area contributed by atoms with Crippen molar-refractivity contribution in [3.8, 4) is 11.5 Å². The summed E-state index contributed by atoms with van der Waals surface area (Å²) in [5, 5.41) is 12.4. The Morgan fingerprint density at radius 2 is 1.79 bits per heavy atom. The Labute approximate surface area is 142 Å². The number of methoxy groups -OCH3 is 2. The molecule has 0 radical (unpaired) electrons. The van der Waals surface area contributed by atoms with Crippen LogP contribution in [0.5, 0.6) is 11.5 Å². The number of carboxylic acid groups (broad SMARTS) is 1. The van der Waals surface area contributed by atoms with Crippen molar-refractivity contribution in [3.05, 3.63) is 58.7 Å². The quantitative estimate of drug-likeness (QED) is 0.813. The first-order chi connectivity index (χ1) is 11.5. The molecule has 1 atom stereocenters. The van der Waals surface area contributed by atoms with Gasteiger partial charge in [0.05, 0.1) is 19.8 Å². The molecule has 0 amide bonds. The Kier molecular flexibility index (Phi) is 5.82. The number of rotatable bonds is 7. The predicted molar refractivity (Wildman–Crippen MR) is 92.9 cm³/mol. The molecule has 24 heavy (non-hydrogen) atoms. The molecule has 5 heteroatoms. The molecule has 2 aromatic rings. The predicted octanol–water partition coefficient (Wildman–Crippen LogP) is 3.56. The van der Waals surface area contributed by atoms with Gasteiger partial charge in [-0.1, -0.05) is 18.2 Å². The fraction of sp³-hybridized carbons (Fsp3) is 0.316. The second-order valence-electron chi connectivity index (χ2n) is 5.62. The van der Waals surface area contributed by atoms with Gasteiger partial charge in [-0.3, -0.25) is 0 Å². The van der Waals surface area contributed by atoms with Crippen LogP contribution in [0.4, 0.5) is 0 Å². The Morgan fingerprint density at radius 3 is 2.33 bits per heavy atom. The summed E-state index contributed by atoms with van der Waals surface area (Å²) in [4.78, 5) is 10.9. The molecule has 0 aliphatic heterocycles.